The van der Waals surface area contributed by atoms with Crippen LogP contribution in [0.2, 0.25) is 0 Å². The van der Waals surface area contributed by atoms with Crippen LogP contribution in [-0.2, 0) is 0 Å². The van der Waals surface area contributed by atoms with Crippen molar-refractivity contribution in [3.05, 3.63) is 71.0 Å². The minimum atomic E-state index is -0.767. The Kier molecular flexibility index (Phi) is 3.02. The maximum Gasteiger partial charge on any atom is 0.126 e. The highest BCUT2D eigenvalue weighted by atomic mass is 19.1. The van der Waals surface area contributed by atoms with E-state index in [2.05, 4.69) is 0 Å². The van der Waals surface area contributed by atoms with E-state index in [9.17, 15) is 9.50 Å². The smallest absolute Gasteiger partial charge is 0.126 e. The molecule has 0 spiro atoms. The van der Waals surface area contributed by atoms with Crippen LogP contribution in [0.4, 0.5) is 4.39 Å². The highest BCUT2D eigenvalue weighted by molar-refractivity contribution is 5.35. The Morgan fingerprint density at radius 1 is 1.00 bits per heavy atom. The standard InChI is InChI=1S/C14H13FO/c1-10-12(8-5-9-13(10)15)14(16)11-6-3-2-4-7-11/h2-9,14,16H,1H3. The molecule has 0 radical (unpaired) electrons. The van der Waals surface area contributed by atoms with Gasteiger partial charge in [-0.25, -0.2) is 4.39 Å². The summed E-state index contributed by atoms with van der Waals surface area (Å²) in [4.78, 5) is 0. The van der Waals surface area contributed by atoms with Gasteiger partial charge in [-0.3, -0.25) is 0 Å². The average molecular weight is 216 g/mol. The molecule has 0 saturated carbocycles. The normalized spacial score (nSPS) is 12.4. The lowest BCUT2D eigenvalue weighted by Gasteiger charge is -2.14. The molecule has 0 aromatic heterocycles. The minimum Gasteiger partial charge on any atom is -0.384 e. The molecule has 0 fully saturated rings. The summed E-state index contributed by atoms with van der Waals surface area (Å²) in [5.41, 5.74) is 1.89. The SMILES string of the molecule is Cc1c(F)cccc1C(O)c1ccccc1. The van der Waals surface area contributed by atoms with E-state index in [1.807, 2.05) is 30.3 Å². The molecule has 1 atom stereocenters. The monoisotopic (exact) mass is 216 g/mol. The van der Waals surface area contributed by atoms with Crippen LogP contribution in [0.15, 0.2) is 48.5 Å². The summed E-state index contributed by atoms with van der Waals surface area (Å²) in [5.74, 6) is -0.285. The zero-order chi connectivity index (χ0) is 11.5. The topological polar surface area (TPSA) is 20.2 Å². The molecule has 0 aliphatic rings. The van der Waals surface area contributed by atoms with Gasteiger partial charge in [0.15, 0.2) is 0 Å². The first kappa shape index (κ1) is 10.8. The highest BCUT2D eigenvalue weighted by Gasteiger charge is 2.13. The molecular formula is C14H13FO. The summed E-state index contributed by atoms with van der Waals surface area (Å²) in [7, 11) is 0. The number of aliphatic hydroxyl groups is 1. The fourth-order valence-electron chi connectivity index (χ4n) is 1.74. The molecule has 1 unspecified atom stereocenters. The average Bonchev–Trinajstić information content (AvgIpc) is 2.33. The predicted molar refractivity (Wildman–Crippen MR) is 61.6 cm³/mol. The molecule has 82 valence electrons. The lowest BCUT2D eigenvalue weighted by molar-refractivity contribution is 0.219. The second kappa shape index (κ2) is 4.45. The molecule has 16 heavy (non-hydrogen) atoms. The zero-order valence-electron chi connectivity index (χ0n) is 9.02. The first-order chi connectivity index (χ1) is 7.70. The lowest BCUT2D eigenvalue weighted by Crippen LogP contribution is -2.03. The Labute approximate surface area is 94.2 Å². The summed E-state index contributed by atoms with van der Waals surface area (Å²) >= 11 is 0. The van der Waals surface area contributed by atoms with Crippen LogP contribution in [0, 0.1) is 12.7 Å². The van der Waals surface area contributed by atoms with E-state index in [4.69, 9.17) is 0 Å². The van der Waals surface area contributed by atoms with Crippen LogP contribution in [-0.4, -0.2) is 5.11 Å². The summed E-state index contributed by atoms with van der Waals surface area (Å²) in [6, 6.07) is 14.0. The van der Waals surface area contributed by atoms with Crippen LogP contribution in [0.5, 0.6) is 0 Å². The first-order valence-electron chi connectivity index (χ1n) is 5.18. The summed E-state index contributed by atoms with van der Waals surface area (Å²) in [5, 5.41) is 10.1. The summed E-state index contributed by atoms with van der Waals surface area (Å²) in [6.45, 7) is 1.68. The van der Waals surface area contributed by atoms with E-state index in [0.29, 0.717) is 11.1 Å². The third kappa shape index (κ3) is 1.97. The Bertz CT molecular complexity index is 479. The van der Waals surface area contributed by atoms with Crippen molar-refractivity contribution in [2.75, 3.05) is 0 Å². The molecule has 2 aromatic carbocycles. The molecule has 0 bridgehead atoms. The fraction of sp³-hybridized carbons (Fsp3) is 0.143. The zero-order valence-corrected chi connectivity index (χ0v) is 9.02. The lowest BCUT2D eigenvalue weighted by atomic mass is 9.97. The van der Waals surface area contributed by atoms with E-state index in [0.717, 1.165) is 5.56 Å². The number of aliphatic hydroxyl groups excluding tert-OH is 1. The van der Waals surface area contributed by atoms with Crippen molar-refractivity contribution in [3.63, 3.8) is 0 Å². The highest BCUT2D eigenvalue weighted by Crippen LogP contribution is 2.25. The van der Waals surface area contributed by atoms with Gasteiger partial charge in [-0.05, 0) is 29.7 Å². The number of hydrogen-bond donors (Lipinski definition) is 1. The second-order valence-corrected chi connectivity index (χ2v) is 3.77. The minimum absolute atomic E-state index is 0.285. The van der Waals surface area contributed by atoms with E-state index in [1.165, 1.54) is 6.07 Å². The number of hydrogen-bond acceptors (Lipinski definition) is 1. The molecule has 2 heteroatoms. The van der Waals surface area contributed by atoms with Crippen LogP contribution >= 0.6 is 0 Å². The van der Waals surface area contributed by atoms with Gasteiger partial charge >= 0.3 is 0 Å². The van der Waals surface area contributed by atoms with Crippen molar-refractivity contribution in [2.24, 2.45) is 0 Å². The van der Waals surface area contributed by atoms with Crippen LogP contribution in [0.3, 0.4) is 0 Å². The van der Waals surface area contributed by atoms with Gasteiger partial charge in [0.05, 0.1) is 0 Å². The predicted octanol–water partition coefficient (Wildman–Crippen LogP) is 3.22. The quantitative estimate of drug-likeness (QED) is 0.817. The van der Waals surface area contributed by atoms with E-state index >= 15 is 0 Å². The van der Waals surface area contributed by atoms with Gasteiger partial charge < -0.3 is 5.11 Å². The van der Waals surface area contributed by atoms with Crippen molar-refractivity contribution >= 4 is 0 Å². The second-order valence-electron chi connectivity index (χ2n) is 3.77. The Hall–Kier alpha value is -1.67. The summed E-state index contributed by atoms with van der Waals surface area (Å²) in [6.07, 6.45) is -0.767. The van der Waals surface area contributed by atoms with Crippen molar-refractivity contribution in [2.45, 2.75) is 13.0 Å². The number of benzene rings is 2. The van der Waals surface area contributed by atoms with Crippen LogP contribution in [0.1, 0.15) is 22.8 Å². The van der Waals surface area contributed by atoms with Crippen molar-refractivity contribution < 1.29 is 9.50 Å². The molecule has 0 heterocycles. The maximum atomic E-state index is 13.3. The van der Waals surface area contributed by atoms with Gasteiger partial charge in [-0.1, -0.05) is 42.5 Å². The molecule has 1 nitrogen and oxygen atoms in total. The Balaban J connectivity index is 2.42. The van der Waals surface area contributed by atoms with Crippen LogP contribution < -0.4 is 0 Å². The van der Waals surface area contributed by atoms with Crippen molar-refractivity contribution in [1.82, 2.24) is 0 Å². The van der Waals surface area contributed by atoms with Gasteiger partial charge in [0.1, 0.15) is 11.9 Å². The molecule has 0 amide bonds. The maximum absolute atomic E-state index is 13.3. The van der Waals surface area contributed by atoms with Gasteiger partial charge in [0.2, 0.25) is 0 Å². The fourth-order valence-corrected chi connectivity index (χ4v) is 1.74. The van der Waals surface area contributed by atoms with Gasteiger partial charge in [-0.2, -0.15) is 0 Å². The Morgan fingerprint density at radius 2 is 1.69 bits per heavy atom. The molecule has 2 aromatic rings. The van der Waals surface area contributed by atoms with Gasteiger partial charge in [0, 0.05) is 0 Å². The molecule has 0 aliphatic heterocycles. The van der Waals surface area contributed by atoms with E-state index in [-0.39, 0.29) is 5.82 Å². The third-order valence-electron chi connectivity index (χ3n) is 2.72. The largest absolute Gasteiger partial charge is 0.384 e. The molecule has 1 N–H and O–H groups in total. The van der Waals surface area contributed by atoms with Crippen molar-refractivity contribution in [1.29, 1.82) is 0 Å². The molecular weight excluding hydrogens is 203 g/mol. The van der Waals surface area contributed by atoms with Crippen molar-refractivity contribution in [3.8, 4) is 0 Å². The Morgan fingerprint density at radius 3 is 2.38 bits per heavy atom. The third-order valence-corrected chi connectivity index (χ3v) is 2.72. The molecule has 0 saturated heterocycles. The summed E-state index contributed by atoms with van der Waals surface area (Å²) < 4.78 is 13.3. The molecule has 2 rings (SSSR count). The first-order valence-corrected chi connectivity index (χ1v) is 5.18. The van der Waals surface area contributed by atoms with E-state index in [1.54, 1.807) is 19.1 Å². The molecule has 0 aliphatic carbocycles. The van der Waals surface area contributed by atoms with E-state index < -0.39 is 6.10 Å². The van der Waals surface area contributed by atoms with Crippen LogP contribution in [0.25, 0.3) is 0 Å². The van der Waals surface area contributed by atoms with Gasteiger partial charge in [-0.15, -0.1) is 0 Å². The number of halogens is 1. The van der Waals surface area contributed by atoms with Gasteiger partial charge in [0.25, 0.3) is 0 Å². The number of rotatable bonds is 2.